The first-order valence-corrected chi connectivity index (χ1v) is 16.4. The summed E-state index contributed by atoms with van der Waals surface area (Å²) in [4.78, 5) is 14.0. The molecule has 0 unspecified atom stereocenters. The normalized spacial score (nSPS) is 37.8. The summed E-state index contributed by atoms with van der Waals surface area (Å²) in [5.74, 6) is -3.42. The average Bonchev–Trinajstić information content (AvgIpc) is 3.12. The zero-order valence-corrected chi connectivity index (χ0v) is 27.9. The van der Waals surface area contributed by atoms with Crippen molar-refractivity contribution in [2.45, 2.75) is 106 Å². The van der Waals surface area contributed by atoms with Crippen molar-refractivity contribution in [2.24, 2.45) is 0 Å². The molecule has 2 aromatic carbocycles. The molecule has 0 amide bonds. The lowest BCUT2D eigenvalue weighted by molar-refractivity contribution is -0.318. The molecule has 0 radical (unpaired) electrons. The SMILES string of the molecule is C[C@@H]1O[C@H](Oc2cc(O)c3c(=O)c(O[C@@H]4O[C@@H](CO[C@@H]5O[C@@H](C)[C@H](O)[C@H](O)[C@H]5O)[C@H](O)[C@H](O)[C@@H]4O)c(-c4ccc(O)c(O)c4)oc3c2)[C@@H](O)[C@@H](O)[C@H]1O. The van der Waals surface area contributed by atoms with Crippen LogP contribution in [0.2, 0.25) is 0 Å². The number of benzene rings is 2. The molecule has 15 atom stereocenters. The van der Waals surface area contributed by atoms with Crippen LogP contribution in [-0.2, 0) is 18.9 Å². The second-order valence-electron chi connectivity index (χ2n) is 13.1. The number of hydrogen-bond acceptors (Lipinski definition) is 20. The molecule has 53 heavy (non-hydrogen) atoms. The van der Waals surface area contributed by atoms with Crippen LogP contribution < -0.4 is 14.9 Å². The number of aliphatic hydroxyl groups excluding tert-OH is 9. The molecule has 0 aliphatic carbocycles. The molecule has 3 aromatic rings. The van der Waals surface area contributed by atoms with Crippen molar-refractivity contribution in [3.63, 3.8) is 0 Å². The van der Waals surface area contributed by atoms with E-state index in [1.165, 1.54) is 19.9 Å². The van der Waals surface area contributed by atoms with Gasteiger partial charge in [-0.15, -0.1) is 0 Å². The van der Waals surface area contributed by atoms with E-state index < -0.39 is 138 Å². The van der Waals surface area contributed by atoms with Gasteiger partial charge < -0.3 is 94.1 Å². The van der Waals surface area contributed by atoms with E-state index in [0.717, 1.165) is 24.3 Å². The van der Waals surface area contributed by atoms with Crippen molar-refractivity contribution < 1.29 is 94.1 Å². The smallest absolute Gasteiger partial charge is 0.239 e. The van der Waals surface area contributed by atoms with Gasteiger partial charge in [-0.25, -0.2) is 0 Å². The second kappa shape index (κ2) is 15.1. The van der Waals surface area contributed by atoms with Crippen LogP contribution in [0.25, 0.3) is 22.3 Å². The summed E-state index contributed by atoms with van der Waals surface area (Å²) in [6.07, 6.45) is -24.0. The Kier molecular flexibility index (Phi) is 11.1. The molecule has 3 aliphatic heterocycles. The minimum absolute atomic E-state index is 0.0962. The Morgan fingerprint density at radius 2 is 1.17 bits per heavy atom. The number of phenolic OH excluding ortho intramolecular Hbond substituents is 3. The second-order valence-corrected chi connectivity index (χ2v) is 13.1. The minimum atomic E-state index is -2.03. The third kappa shape index (κ3) is 7.34. The molecule has 0 spiro atoms. The van der Waals surface area contributed by atoms with Gasteiger partial charge in [0, 0.05) is 17.7 Å². The lowest BCUT2D eigenvalue weighted by Crippen LogP contribution is -2.61. The number of rotatable bonds is 8. The first-order chi connectivity index (χ1) is 25.0. The van der Waals surface area contributed by atoms with E-state index >= 15 is 0 Å². The highest BCUT2D eigenvalue weighted by Crippen LogP contribution is 2.40. The van der Waals surface area contributed by atoms with Gasteiger partial charge in [-0.05, 0) is 32.0 Å². The van der Waals surface area contributed by atoms with Crippen molar-refractivity contribution in [1.29, 1.82) is 0 Å². The van der Waals surface area contributed by atoms with Crippen LogP contribution in [0.4, 0.5) is 0 Å². The maximum absolute atomic E-state index is 14.0. The topological polar surface area (TPSA) is 328 Å². The molecular weight excluding hydrogens is 716 g/mol. The van der Waals surface area contributed by atoms with E-state index in [2.05, 4.69) is 0 Å². The van der Waals surface area contributed by atoms with Gasteiger partial charge in [-0.2, -0.15) is 0 Å². The molecule has 1 aromatic heterocycles. The van der Waals surface area contributed by atoms with Gasteiger partial charge >= 0.3 is 0 Å². The molecule has 3 fully saturated rings. The molecule has 12 N–H and O–H groups in total. The monoisotopic (exact) mass is 756 g/mol. The molecule has 292 valence electrons. The predicted octanol–water partition coefficient (Wildman–Crippen LogP) is -3.19. The number of aliphatic hydroxyl groups is 9. The molecule has 20 nitrogen and oxygen atoms in total. The van der Waals surface area contributed by atoms with Gasteiger partial charge in [0.15, 0.2) is 23.5 Å². The van der Waals surface area contributed by atoms with Crippen LogP contribution >= 0.6 is 0 Å². The standard InChI is InChI=1S/C33H40O20/c1-9-19(37)23(41)26(44)31(48-9)47-8-17-21(39)25(43)28(46)33(52-17)53-30-22(40)18-15(36)6-12(50-32-27(45)24(42)20(38)10(2)49-32)7-16(18)51-29(30)11-3-4-13(34)14(35)5-11/h3-7,9-10,17,19-21,23-28,31-39,41-46H,8H2,1-2H3/t9-,10-,17-,19-,20-,21-,23-,24-,25-,26+,27-,28-,31+,32+,33-/m0/s1. The number of hydrogen-bond donors (Lipinski definition) is 12. The van der Waals surface area contributed by atoms with Crippen LogP contribution in [0.5, 0.6) is 28.7 Å². The van der Waals surface area contributed by atoms with Crippen molar-refractivity contribution in [1.82, 2.24) is 0 Å². The van der Waals surface area contributed by atoms with Gasteiger partial charge in [-0.1, -0.05) is 0 Å². The average molecular weight is 757 g/mol. The summed E-state index contributed by atoms with van der Waals surface area (Å²) in [5.41, 5.74) is -1.55. The Morgan fingerprint density at radius 1 is 0.604 bits per heavy atom. The highest BCUT2D eigenvalue weighted by Gasteiger charge is 2.48. The van der Waals surface area contributed by atoms with E-state index in [-0.39, 0.29) is 16.9 Å². The number of ether oxygens (including phenoxy) is 6. The Morgan fingerprint density at radius 3 is 1.79 bits per heavy atom. The van der Waals surface area contributed by atoms with E-state index in [0.29, 0.717) is 0 Å². The van der Waals surface area contributed by atoms with Crippen LogP contribution in [0.3, 0.4) is 0 Å². The summed E-state index contributed by atoms with van der Waals surface area (Å²) < 4.78 is 39.3. The Labute approximate surface area is 298 Å². The number of fused-ring (bicyclic) bond motifs is 1. The quantitative estimate of drug-likeness (QED) is 0.101. The highest BCUT2D eigenvalue weighted by atomic mass is 16.7. The van der Waals surface area contributed by atoms with E-state index in [1.54, 1.807) is 0 Å². The van der Waals surface area contributed by atoms with Gasteiger partial charge in [-0.3, -0.25) is 4.79 Å². The van der Waals surface area contributed by atoms with Crippen molar-refractivity contribution in [3.8, 4) is 40.1 Å². The third-order valence-corrected chi connectivity index (χ3v) is 9.34. The fraction of sp³-hybridized carbons (Fsp3) is 0.545. The maximum Gasteiger partial charge on any atom is 0.239 e. The third-order valence-electron chi connectivity index (χ3n) is 9.34. The first kappa shape index (κ1) is 38.8. The summed E-state index contributed by atoms with van der Waals surface area (Å²) in [6, 6.07) is 5.31. The van der Waals surface area contributed by atoms with Crippen LogP contribution in [0.1, 0.15) is 13.8 Å². The Bertz CT molecular complexity index is 1830. The minimum Gasteiger partial charge on any atom is -0.507 e. The molecule has 3 saturated heterocycles. The Hall–Kier alpha value is -3.87. The van der Waals surface area contributed by atoms with E-state index in [9.17, 15) is 66.1 Å². The zero-order valence-electron chi connectivity index (χ0n) is 27.9. The number of phenols is 3. The zero-order chi connectivity index (χ0) is 38.6. The van der Waals surface area contributed by atoms with E-state index in [1.807, 2.05) is 0 Å². The lowest BCUT2D eigenvalue weighted by Gasteiger charge is -2.42. The van der Waals surface area contributed by atoms with Gasteiger partial charge in [0.05, 0.1) is 18.8 Å². The van der Waals surface area contributed by atoms with Crippen LogP contribution in [-0.4, -0.2) is 160 Å². The highest BCUT2D eigenvalue weighted by molar-refractivity contribution is 5.88. The van der Waals surface area contributed by atoms with Crippen molar-refractivity contribution >= 4 is 11.0 Å². The predicted molar refractivity (Wildman–Crippen MR) is 172 cm³/mol. The van der Waals surface area contributed by atoms with Gasteiger partial charge in [0.25, 0.3) is 0 Å². The van der Waals surface area contributed by atoms with Gasteiger partial charge in [0.2, 0.25) is 23.8 Å². The molecule has 0 bridgehead atoms. The van der Waals surface area contributed by atoms with Crippen molar-refractivity contribution in [3.05, 3.63) is 40.6 Å². The summed E-state index contributed by atoms with van der Waals surface area (Å²) in [5, 5.41) is 124. The summed E-state index contributed by atoms with van der Waals surface area (Å²) in [7, 11) is 0. The van der Waals surface area contributed by atoms with E-state index in [4.69, 9.17) is 32.8 Å². The fourth-order valence-corrected chi connectivity index (χ4v) is 6.14. The van der Waals surface area contributed by atoms with Gasteiger partial charge in [0.1, 0.15) is 83.5 Å². The summed E-state index contributed by atoms with van der Waals surface area (Å²) >= 11 is 0. The summed E-state index contributed by atoms with van der Waals surface area (Å²) in [6.45, 7) is 2.18. The van der Waals surface area contributed by atoms with Crippen LogP contribution in [0, 0.1) is 0 Å². The maximum atomic E-state index is 14.0. The molecule has 4 heterocycles. The molecule has 3 aliphatic rings. The molecule has 0 saturated carbocycles. The largest absolute Gasteiger partial charge is 0.507 e. The molecule has 6 rings (SSSR count). The first-order valence-electron chi connectivity index (χ1n) is 16.4. The molecule has 20 heteroatoms. The lowest BCUT2D eigenvalue weighted by atomic mass is 9.98. The van der Waals surface area contributed by atoms with Crippen LogP contribution in [0.15, 0.2) is 39.5 Å². The fourth-order valence-electron chi connectivity index (χ4n) is 6.14. The number of aromatic hydroxyl groups is 3. The molecular formula is C33H40O20. The Balaban J connectivity index is 1.34. The van der Waals surface area contributed by atoms with Crippen molar-refractivity contribution in [2.75, 3.05) is 6.61 Å².